The lowest BCUT2D eigenvalue weighted by atomic mass is 9.98. The van der Waals surface area contributed by atoms with Crippen LogP contribution < -0.4 is 0 Å². The number of hydrogen-bond acceptors (Lipinski definition) is 4. The fraction of sp³-hybridized carbons (Fsp3) is 0.280. The number of pyridine rings is 1. The number of ketones is 1. The van der Waals surface area contributed by atoms with Gasteiger partial charge in [0, 0.05) is 40.9 Å². The summed E-state index contributed by atoms with van der Waals surface area (Å²) in [5.74, 6) is -0.186. The summed E-state index contributed by atoms with van der Waals surface area (Å²) in [6.07, 6.45) is -2.52. The number of halogens is 4. The number of hydrogen-bond donors (Lipinski definition) is 0. The van der Waals surface area contributed by atoms with E-state index in [-0.39, 0.29) is 10.8 Å². The maximum Gasteiger partial charge on any atom is 0.389 e. The Morgan fingerprint density at radius 2 is 1.82 bits per heavy atom. The van der Waals surface area contributed by atoms with Gasteiger partial charge in [-0.15, -0.1) is 0 Å². The Kier molecular flexibility index (Phi) is 6.45. The highest BCUT2D eigenvalue weighted by Crippen LogP contribution is 2.33. The Bertz CT molecular complexity index is 1370. The second-order valence-electron chi connectivity index (χ2n) is 8.14. The van der Waals surface area contributed by atoms with Crippen LogP contribution in [0.15, 0.2) is 42.7 Å². The first-order valence-corrected chi connectivity index (χ1v) is 11.2. The Labute approximate surface area is 199 Å². The van der Waals surface area contributed by atoms with Crippen molar-refractivity contribution >= 4 is 28.3 Å². The molecule has 0 bridgehead atoms. The number of aromatic nitrogens is 4. The molecule has 34 heavy (non-hydrogen) atoms. The molecule has 0 amide bonds. The molecule has 0 unspecified atom stereocenters. The molecule has 0 spiro atoms. The van der Waals surface area contributed by atoms with Crippen LogP contribution in [0, 0.1) is 13.8 Å². The molecule has 1 aromatic carbocycles. The molecule has 0 atom stereocenters. The van der Waals surface area contributed by atoms with Gasteiger partial charge in [-0.2, -0.15) is 18.2 Å². The molecule has 9 heteroatoms. The standard InChI is InChI=1S/C25H22ClF3N4O/c1-4-16-10-22(32-24(26)31-16)33-13-18(21(34)8-9-25(27,28)29)17-11-19(30-12-20(17)33)23-14(2)6-5-7-15(23)3/h5-7,10-13H,4,8-9H2,1-3H3. The van der Waals surface area contributed by atoms with E-state index >= 15 is 0 Å². The van der Waals surface area contributed by atoms with Gasteiger partial charge in [0.1, 0.15) is 5.82 Å². The molecule has 5 nitrogen and oxygen atoms in total. The molecule has 4 aromatic rings. The molecule has 3 heterocycles. The molecular weight excluding hydrogens is 465 g/mol. The van der Waals surface area contributed by atoms with Crippen LogP contribution >= 0.6 is 11.6 Å². The number of carbonyl (C=O) groups is 1. The van der Waals surface area contributed by atoms with Gasteiger partial charge in [0.05, 0.1) is 23.8 Å². The minimum absolute atomic E-state index is 0.0428. The number of rotatable bonds is 6. The van der Waals surface area contributed by atoms with Crippen molar-refractivity contribution in [2.75, 3.05) is 0 Å². The molecule has 0 N–H and O–H groups in total. The fourth-order valence-electron chi connectivity index (χ4n) is 4.04. The summed E-state index contributed by atoms with van der Waals surface area (Å²) < 4.78 is 40.1. The fourth-order valence-corrected chi connectivity index (χ4v) is 4.23. The number of carbonyl (C=O) groups excluding carboxylic acids is 1. The first kappa shape index (κ1) is 23.9. The highest BCUT2D eigenvalue weighted by Gasteiger charge is 2.29. The van der Waals surface area contributed by atoms with Crippen molar-refractivity contribution in [3.05, 3.63) is 70.4 Å². The van der Waals surface area contributed by atoms with E-state index in [2.05, 4.69) is 15.0 Å². The van der Waals surface area contributed by atoms with Gasteiger partial charge >= 0.3 is 6.18 Å². The summed E-state index contributed by atoms with van der Waals surface area (Å²) in [5.41, 5.74) is 4.99. The van der Waals surface area contributed by atoms with Crippen LogP contribution in [0.5, 0.6) is 0 Å². The zero-order valence-corrected chi connectivity index (χ0v) is 19.6. The number of benzene rings is 1. The molecule has 0 radical (unpaired) electrons. The minimum Gasteiger partial charge on any atom is -0.299 e. The first-order chi connectivity index (χ1) is 16.1. The summed E-state index contributed by atoms with van der Waals surface area (Å²) in [6.45, 7) is 5.84. The van der Waals surface area contributed by atoms with Gasteiger partial charge in [0.15, 0.2) is 5.78 Å². The third-order valence-corrected chi connectivity index (χ3v) is 5.88. The predicted octanol–water partition coefficient (Wildman–Crippen LogP) is 6.84. The third kappa shape index (κ3) is 4.82. The average Bonchev–Trinajstić information content (AvgIpc) is 3.15. The number of alkyl halides is 3. The van der Waals surface area contributed by atoms with E-state index in [1.54, 1.807) is 22.9 Å². The predicted molar refractivity (Wildman–Crippen MR) is 126 cm³/mol. The second kappa shape index (κ2) is 9.18. The quantitative estimate of drug-likeness (QED) is 0.221. The van der Waals surface area contributed by atoms with Crippen molar-refractivity contribution in [1.29, 1.82) is 0 Å². The molecule has 0 saturated heterocycles. The van der Waals surface area contributed by atoms with Gasteiger partial charge < -0.3 is 0 Å². The topological polar surface area (TPSA) is 60.7 Å². The van der Waals surface area contributed by atoms with Gasteiger partial charge in [-0.1, -0.05) is 25.1 Å². The van der Waals surface area contributed by atoms with Crippen molar-refractivity contribution in [3.63, 3.8) is 0 Å². The Balaban J connectivity index is 1.92. The van der Waals surface area contributed by atoms with Crippen LogP contribution in [-0.4, -0.2) is 31.5 Å². The number of aryl methyl sites for hydroxylation is 3. The van der Waals surface area contributed by atoms with Crippen LogP contribution in [0.25, 0.3) is 28.0 Å². The largest absolute Gasteiger partial charge is 0.389 e. The van der Waals surface area contributed by atoms with E-state index in [0.717, 1.165) is 16.7 Å². The van der Waals surface area contributed by atoms with E-state index in [1.807, 2.05) is 39.0 Å². The second-order valence-corrected chi connectivity index (χ2v) is 8.48. The lowest BCUT2D eigenvalue weighted by Gasteiger charge is -2.10. The first-order valence-electron chi connectivity index (χ1n) is 10.8. The van der Waals surface area contributed by atoms with Crippen LogP contribution in [0.2, 0.25) is 5.28 Å². The summed E-state index contributed by atoms with van der Waals surface area (Å²) in [7, 11) is 0. The maximum atomic E-state index is 12.9. The number of Topliss-reactive ketones (excluding diaryl/α,β-unsaturated/α-hetero) is 1. The van der Waals surface area contributed by atoms with Crippen LogP contribution in [0.1, 0.15) is 46.9 Å². The van der Waals surface area contributed by atoms with E-state index in [1.165, 1.54) is 6.20 Å². The lowest BCUT2D eigenvalue weighted by Crippen LogP contribution is -2.10. The van der Waals surface area contributed by atoms with E-state index in [0.29, 0.717) is 34.5 Å². The van der Waals surface area contributed by atoms with Gasteiger partial charge in [0.2, 0.25) is 5.28 Å². The monoisotopic (exact) mass is 486 g/mol. The molecule has 0 aliphatic heterocycles. The summed E-state index contributed by atoms with van der Waals surface area (Å²) in [5, 5.41) is 0.550. The van der Waals surface area contributed by atoms with Gasteiger partial charge in [0.25, 0.3) is 0 Å². The Morgan fingerprint density at radius 1 is 1.12 bits per heavy atom. The molecule has 0 fully saturated rings. The molecule has 4 rings (SSSR count). The highest BCUT2D eigenvalue weighted by atomic mass is 35.5. The van der Waals surface area contributed by atoms with E-state index in [9.17, 15) is 18.0 Å². The SMILES string of the molecule is CCc1cc(-n2cc(C(=O)CCC(F)(F)F)c3cc(-c4c(C)cccc4C)ncc32)nc(Cl)n1. The minimum atomic E-state index is -4.42. The van der Waals surface area contributed by atoms with Crippen molar-refractivity contribution in [3.8, 4) is 17.1 Å². The van der Waals surface area contributed by atoms with Crippen molar-refractivity contribution in [2.24, 2.45) is 0 Å². The molecule has 3 aromatic heterocycles. The summed E-state index contributed by atoms with van der Waals surface area (Å²) in [4.78, 5) is 26.0. The molecule has 0 aliphatic rings. The zero-order valence-electron chi connectivity index (χ0n) is 18.9. The third-order valence-electron chi connectivity index (χ3n) is 5.71. The van der Waals surface area contributed by atoms with Gasteiger partial charge in [-0.05, 0) is 49.1 Å². The normalized spacial score (nSPS) is 11.9. The smallest absolute Gasteiger partial charge is 0.299 e. The summed E-state index contributed by atoms with van der Waals surface area (Å²) >= 11 is 6.10. The molecule has 0 saturated carbocycles. The van der Waals surface area contributed by atoms with Gasteiger partial charge in [-0.25, -0.2) is 4.98 Å². The van der Waals surface area contributed by atoms with Crippen molar-refractivity contribution in [2.45, 2.75) is 46.2 Å². The molecule has 176 valence electrons. The van der Waals surface area contributed by atoms with Crippen molar-refractivity contribution in [1.82, 2.24) is 19.5 Å². The van der Waals surface area contributed by atoms with E-state index < -0.39 is 24.8 Å². The van der Waals surface area contributed by atoms with Crippen LogP contribution in [-0.2, 0) is 6.42 Å². The van der Waals surface area contributed by atoms with Crippen molar-refractivity contribution < 1.29 is 18.0 Å². The number of fused-ring (bicyclic) bond motifs is 1. The van der Waals surface area contributed by atoms with Crippen LogP contribution in [0.4, 0.5) is 13.2 Å². The Morgan fingerprint density at radius 3 is 2.47 bits per heavy atom. The number of nitrogens with zero attached hydrogens (tertiary/aromatic N) is 4. The Hall–Kier alpha value is -3.26. The molecular formula is C25H22ClF3N4O. The summed E-state index contributed by atoms with van der Waals surface area (Å²) in [6, 6.07) is 9.35. The van der Waals surface area contributed by atoms with E-state index in [4.69, 9.17) is 11.6 Å². The maximum absolute atomic E-state index is 12.9. The lowest BCUT2D eigenvalue weighted by molar-refractivity contribution is -0.133. The molecule has 0 aliphatic carbocycles. The average molecular weight is 487 g/mol. The van der Waals surface area contributed by atoms with Gasteiger partial charge in [-0.3, -0.25) is 14.3 Å². The highest BCUT2D eigenvalue weighted by molar-refractivity contribution is 6.28. The zero-order chi connectivity index (χ0) is 24.6. The van der Waals surface area contributed by atoms with Crippen LogP contribution in [0.3, 0.4) is 0 Å².